The second kappa shape index (κ2) is 6.00. The van der Waals surface area contributed by atoms with Crippen LogP contribution < -0.4 is 5.32 Å². The lowest BCUT2D eigenvalue weighted by atomic mass is 10.1. The first-order valence-corrected chi connectivity index (χ1v) is 9.10. The molecule has 23 heavy (non-hydrogen) atoms. The SMILES string of the molecule is CS(=O)(=O)Cc1ccc(F)cc1CNc1nc2ccccc2[nH]1. The van der Waals surface area contributed by atoms with Gasteiger partial charge in [-0.1, -0.05) is 18.2 Å². The van der Waals surface area contributed by atoms with Crippen LogP contribution in [0.5, 0.6) is 0 Å². The van der Waals surface area contributed by atoms with Gasteiger partial charge in [-0.3, -0.25) is 0 Å². The van der Waals surface area contributed by atoms with Crippen LogP contribution in [0.1, 0.15) is 11.1 Å². The molecule has 0 aliphatic carbocycles. The van der Waals surface area contributed by atoms with Crippen molar-refractivity contribution in [2.75, 3.05) is 11.6 Å². The Hall–Kier alpha value is -2.41. The number of anilines is 1. The van der Waals surface area contributed by atoms with Gasteiger partial charge in [0.1, 0.15) is 5.82 Å². The fourth-order valence-corrected chi connectivity index (χ4v) is 3.24. The van der Waals surface area contributed by atoms with Crippen molar-refractivity contribution in [3.63, 3.8) is 0 Å². The molecule has 2 N–H and O–H groups in total. The molecule has 0 fully saturated rings. The number of nitrogens with one attached hydrogen (secondary N) is 2. The Morgan fingerprint density at radius 1 is 1.17 bits per heavy atom. The summed E-state index contributed by atoms with van der Waals surface area (Å²) in [6.07, 6.45) is 1.16. The van der Waals surface area contributed by atoms with Crippen LogP contribution in [-0.2, 0) is 22.1 Å². The van der Waals surface area contributed by atoms with Gasteiger partial charge in [0.05, 0.1) is 16.8 Å². The number of benzene rings is 2. The average molecular weight is 333 g/mol. The second-order valence-electron chi connectivity index (χ2n) is 5.44. The molecule has 1 aromatic heterocycles. The third kappa shape index (κ3) is 3.87. The van der Waals surface area contributed by atoms with Crippen molar-refractivity contribution in [3.8, 4) is 0 Å². The van der Waals surface area contributed by atoms with Gasteiger partial charge in [0.25, 0.3) is 0 Å². The maximum Gasteiger partial charge on any atom is 0.201 e. The van der Waals surface area contributed by atoms with E-state index in [4.69, 9.17) is 0 Å². The summed E-state index contributed by atoms with van der Waals surface area (Å²) in [4.78, 5) is 7.49. The first-order valence-electron chi connectivity index (χ1n) is 7.04. The van der Waals surface area contributed by atoms with E-state index in [9.17, 15) is 12.8 Å². The Balaban J connectivity index is 1.83. The van der Waals surface area contributed by atoms with E-state index in [1.54, 1.807) is 0 Å². The summed E-state index contributed by atoms with van der Waals surface area (Å²) < 4.78 is 36.5. The number of halogens is 1. The Morgan fingerprint density at radius 3 is 2.70 bits per heavy atom. The number of H-pyrrole nitrogens is 1. The quantitative estimate of drug-likeness (QED) is 0.753. The third-order valence-corrected chi connectivity index (χ3v) is 4.26. The van der Waals surface area contributed by atoms with Crippen LogP contribution in [0.4, 0.5) is 10.3 Å². The fraction of sp³-hybridized carbons (Fsp3) is 0.188. The first kappa shape index (κ1) is 15.5. The Kier molecular flexibility index (Phi) is 4.04. The van der Waals surface area contributed by atoms with Crippen LogP contribution in [0.2, 0.25) is 0 Å². The summed E-state index contributed by atoms with van der Waals surface area (Å²) >= 11 is 0. The molecule has 1 heterocycles. The van der Waals surface area contributed by atoms with Gasteiger partial charge in [-0.15, -0.1) is 0 Å². The highest BCUT2D eigenvalue weighted by Crippen LogP contribution is 2.18. The van der Waals surface area contributed by atoms with E-state index in [0.717, 1.165) is 17.3 Å². The summed E-state index contributed by atoms with van der Waals surface area (Å²) in [6.45, 7) is 0.280. The van der Waals surface area contributed by atoms with Crippen molar-refractivity contribution in [3.05, 3.63) is 59.4 Å². The zero-order chi connectivity index (χ0) is 16.4. The lowest BCUT2D eigenvalue weighted by Crippen LogP contribution is -2.08. The minimum Gasteiger partial charge on any atom is -0.352 e. The van der Waals surface area contributed by atoms with Gasteiger partial charge in [0, 0.05) is 12.8 Å². The van der Waals surface area contributed by atoms with Gasteiger partial charge in [-0.05, 0) is 35.4 Å². The second-order valence-corrected chi connectivity index (χ2v) is 7.58. The molecule has 0 radical (unpaired) electrons. The van der Waals surface area contributed by atoms with E-state index >= 15 is 0 Å². The topological polar surface area (TPSA) is 74.8 Å². The van der Waals surface area contributed by atoms with Crippen LogP contribution in [-0.4, -0.2) is 24.6 Å². The molecule has 0 amide bonds. The van der Waals surface area contributed by atoms with Crippen molar-refractivity contribution < 1.29 is 12.8 Å². The van der Waals surface area contributed by atoms with Crippen LogP contribution >= 0.6 is 0 Å². The predicted molar refractivity (Wildman–Crippen MR) is 88.4 cm³/mol. The van der Waals surface area contributed by atoms with Crippen molar-refractivity contribution in [1.82, 2.24) is 9.97 Å². The average Bonchev–Trinajstić information content (AvgIpc) is 2.89. The summed E-state index contributed by atoms with van der Waals surface area (Å²) in [5, 5.41) is 3.08. The maximum atomic E-state index is 13.5. The molecule has 3 rings (SSSR count). The first-order chi connectivity index (χ1) is 10.9. The van der Waals surface area contributed by atoms with Crippen LogP contribution in [0.3, 0.4) is 0 Å². The molecule has 2 aromatic carbocycles. The van der Waals surface area contributed by atoms with Crippen molar-refractivity contribution in [2.45, 2.75) is 12.3 Å². The number of sulfone groups is 1. The van der Waals surface area contributed by atoms with Crippen molar-refractivity contribution in [2.24, 2.45) is 0 Å². The molecule has 0 saturated carbocycles. The summed E-state index contributed by atoms with van der Waals surface area (Å²) in [7, 11) is -3.19. The zero-order valence-electron chi connectivity index (χ0n) is 12.5. The molecule has 0 spiro atoms. The summed E-state index contributed by atoms with van der Waals surface area (Å²) in [5.74, 6) is 0.0363. The molecular weight excluding hydrogens is 317 g/mol. The summed E-state index contributed by atoms with van der Waals surface area (Å²) in [6, 6.07) is 11.7. The van der Waals surface area contributed by atoms with Crippen LogP contribution in [0, 0.1) is 5.82 Å². The highest BCUT2D eigenvalue weighted by Gasteiger charge is 2.11. The highest BCUT2D eigenvalue weighted by molar-refractivity contribution is 7.89. The zero-order valence-corrected chi connectivity index (χ0v) is 13.3. The molecule has 0 aliphatic heterocycles. The molecule has 0 saturated heterocycles. The number of fused-ring (bicyclic) bond motifs is 1. The van der Waals surface area contributed by atoms with Gasteiger partial charge in [-0.2, -0.15) is 0 Å². The predicted octanol–water partition coefficient (Wildman–Crippen LogP) is 2.86. The van der Waals surface area contributed by atoms with Crippen molar-refractivity contribution >= 4 is 26.8 Å². The summed E-state index contributed by atoms with van der Waals surface area (Å²) in [5.41, 5.74) is 2.89. The van der Waals surface area contributed by atoms with Gasteiger partial charge < -0.3 is 10.3 Å². The van der Waals surface area contributed by atoms with Crippen LogP contribution in [0.25, 0.3) is 11.0 Å². The largest absolute Gasteiger partial charge is 0.352 e. The van der Waals surface area contributed by atoms with Crippen LogP contribution in [0.15, 0.2) is 42.5 Å². The lowest BCUT2D eigenvalue weighted by Gasteiger charge is -2.10. The molecule has 0 aliphatic rings. The molecule has 5 nitrogen and oxygen atoms in total. The van der Waals surface area contributed by atoms with E-state index in [0.29, 0.717) is 17.1 Å². The molecule has 0 unspecified atom stereocenters. The smallest absolute Gasteiger partial charge is 0.201 e. The van der Waals surface area contributed by atoms with Gasteiger partial charge in [0.15, 0.2) is 9.84 Å². The Bertz CT molecular complexity index is 918. The van der Waals surface area contributed by atoms with Crippen molar-refractivity contribution in [1.29, 1.82) is 0 Å². The van der Waals surface area contributed by atoms with E-state index in [-0.39, 0.29) is 12.3 Å². The minimum absolute atomic E-state index is 0.121. The van der Waals surface area contributed by atoms with Gasteiger partial charge >= 0.3 is 0 Å². The van der Waals surface area contributed by atoms with E-state index in [1.165, 1.54) is 18.2 Å². The van der Waals surface area contributed by atoms with Gasteiger partial charge in [-0.25, -0.2) is 17.8 Å². The Labute approximate surface area is 133 Å². The number of hydrogen-bond donors (Lipinski definition) is 2. The molecular formula is C16H16FN3O2S. The standard InChI is InChI=1S/C16H16FN3O2S/c1-23(21,22)10-11-6-7-13(17)8-12(11)9-18-16-19-14-4-2-3-5-15(14)20-16/h2-8H,9-10H2,1H3,(H2,18,19,20). The molecule has 0 atom stereocenters. The number of para-hydroxylation sites is 2. The Morgan fingerprint density at radius 2 is 1.96 bits per heavy atom. The number of aromatic amines is 1. The minimum atomic E-state index is -3.19. The normalized spacial score (nSPS) is 11.7. The lowest BCUT2D eigenvalue weighted by molar-refractivity contribution is 0.600. The number of aromatic nitrogens is 2. The van der Waals surface area contributed by atoms with E-state index < -0.39 is 15.7 Å². The number of nitrogens with zero attached hydrogens (tertiary/aromatic N) is 1. The number of rotatable bonds is 5. The van der Waals surface area contributed by atoms with E-state index in [2.05, 4.69) is 15.3 Å². The molecule has 7 heteroatoms. The third-order valence-electron chi connectivity index (χ3n) is 3.42. The molecule has 0 bridgehead atoms. The number of imidazole rings is 1. The number of hydrogen-bond acceptors (Lipinski definition) is 4. The highest BCUT2D eigenvalue weighted by atomic mass is 32.2. The van der Waals surface area contributed by atoms with E-state index in [1.807, 2.05) is 24.3 Å². The molecule has 120 valence electrons. The maximum absolute atomic E-state index is 13.5. The monoisotopic (exact) mass is 333 g/mol. The molecule has 3 aromatic rings. The fourth-order valence-electron chi connectivity index (χ4n) is 2.40. The van der Waals surface area contributed by atoms with Gasteiger partial charge in [0.2, 0.25) is 5.95 Å².